The van der Waals surface area contributed by atoms with Gasteiger partial charge < -0.3 is 25.2 Å². The number of hydrogen-bond acceptors (Lipinski definition) is 9. The molecule has 3 rings (SSSR count). The maximum absolute atomic E-state index is 10.1. The van der Waals surface area contributed by atoms with E-state index in [4.69, 9.17) is 16.3 Å². The fourth-order valence-electron chi connectivity index (χ4n) is 2.40. The first-order valence-electron chi connectivity index (χ1n) is 7.52. The van der Waals surface area contributed by atoms with Crippen LogP contribution in [0.15, 0.2) is 28.6 Å². The number of rotatable bonds is 5. The van der Waals surface area contributed by atoms with Crippen LogP contribution in [-0.4, -0.2) is 67.1 Å². The van der Waals surface area contributed by atoms with E-state index in [1.165, 1.54) is 11.3 Å². The van der Waals surface area contributed by atoms with Gasteiger partial charge in [-0.25, -0.2) is 0 Å². The van der Waals surface area contributed by atoms with Gasteiger partial charge in [-0.05, 0) is 17.7 Å². The van der Waals surface area contributed by atoms with Crippen molar-refractivity contribution >= 4 is 34.7 Å². The molecule has 1 aliphatic rings. The molecule has 5 atom stereocenters. The molecule has 2 heterocycles. The fraction of sp³-hybridized carbons (Fsp3) is 0.467. The fourth-order valence-corrected chi connectivity index (χ4v) is 4.68. The molecule has 0 amide bonds. The van der Waals surface area contributed by atoms with E-state index < -0.39 is 36.5 Å². The smallest absolute Gasteiger partial charge is 0.176 e. The van der Waals surface area contributed by atoms with Gasteiger partial charge in [-0.15, -0.1) is 10.2 Å². The van der Waals surface area contributed by atoms with Crippen LogP contribution >= 0.6 is 34.7 Å². The van der Waals surface area contributed by atoms with Crippen LogP contribution in [0.4, 0.5) is 0 Å². The van der Waals surface area contributed by atoms with E-state index in [1.54, 1.807) is 0 Å². The number of aliphatic hydroxyl groups is 4. The lowest BCUT2D eigenvalue weighted by molar-refractivity contribution is -0.205. The highest BCUT2D eigenvalue weighted by molar-refractivity contribution is 8.01. The first kappa shape index (κ1) is 19.0. The van der Waals surface area contributed by atoms with Crippen LogP contribution in [-0.2, 0) is 11.2 Å². The molecule has 1 aromatic carbocycles. The van der Waals surface area contributed by atoms with Gasteiger partial charge in [0.05, 0.1) is 6.61 Å². The van der Waals surface area contributed by atoms with Gasteiger partial charge in [0.2, 0.25) is 0 Å². The molecule has 7 nitrogen and oxygen atoms in total. The molecule has 1 aromatic heterocycles. The molecule has 2 aromatic rings. The topological polar surface area (TPSA) is 116 Å². The highest BCUT2D eigenvalue weighted by Crippen LogP contribution is 2.35. The summed E-state index contributed by atoms with van der Waals surface area (Å²) in [7, 11) is 0. The molecule has 10 heteroatoms. The minimum absolute atomic E-state index is 0.458. The first-order valence-corrected chi connectivity index (χ1v) is 9.59. The third-order valence-electron chi connectivity index (χ3n) is 3.78. The summed E-state index contributed by atoms with van der Waals surface area (Å²) in [5.41, 5.74) is 0.192. The summed E-state index contributed by atoms with van der Waals surface area (Å²) >= 11 is 8.31. The Morgan fingerprint density at radius 2 is 1.80 bits per heavy atom. The predicted molar refractivity (Wildman–Crippen MR) is 93.8 cm³/mol. The van der Waals surface area contributed by atoms with E-state index in [1.807, 2.05) is 24.3 Å². The van der Waals surface area contributed by atoms with Crippen LogP contribution in [0.5, 0.6) is 0 Å². The SMILES string of the molecule is OC[C@H]1O[C@@H](Sc2nnc(Cc3ccc(Cl)cc3)s2)[C@H](O)[C@@H](O)[C@@H]1O. The Labute approximate surface area is 157 Å². The van der Waals surface area contributed by atoms with Crippen molar-refractivity contribution in [2.75, 3.05) is 6.61 Å². The largest absolute Gasteiger partial charge is 0.394 e. The summed E-state index contributed by atoms with van der Waals surface area (Å²) in [6.07, 6.45) is -4.40. The molecular formula is C15H17ClN2O5S2. The maximum atomic E-state index is 10.1. The Kier molecular flexibility index (Phi) is 6.29. The van der Waals surface area contributed by atoms with E-state index in [2.05, 4.69) is 10.2 Å². The number of thioether (sulfide) groups is 1. The lowest BCUT2D eigenvalue weighted by Crippen LogP contribution is -2.57. The average molecular weight is 405 g/mol. The molecule has 1 fully saturated rings. The van der Waals surface area contributed by atoms with E-state index in [9.17, 15) is 20.4 Å². The number of hydrogen-bond donors (Lipinski definition) is 4. The zero-order valence-corrected chi connectivity index (χ0v) is 15.3. The molecule has 0 unspecified atom stereocenters. The van der Waals surface area contributed by atoms with Crippen LogP contribution in [0.2, 0.25) is 5.02 Å². The summed E-state index contributed by atoms with van der Waals surface area (Å²) in [6, 6.07) is 7.44. The normalized spacial score (nSPS) is 29.7. The van der Waals surface area contributed by atoms with Crippen LogP contribution in [0.25, 0.3) is 0 Å². The third-order valence-corrected chi connectivity index (χ3v) is 6.20. The van der Waals surface area contributed by atoms with Crippen LogP contribution < -0.4 is 0 Å². The van der Waals surface area contributed by atoms with E-state index in [0.717, 1.165) is 22.3 Å². The van der Waals surface area contributed by atoms with Crippen LogP contribution in [0.3, 0.4) is 0 Å². The average Bonchev–Trinajstić information content (AvgIpc) is 3.04. The number of benzene rings is 1. The quantitative estimate of drug-likeness (QED) is 0.574. The highest BCUT2D eigenvalue weighted by Gasteiger charge is 2.44. The monoisotopic (exact) mass is 404 g/mol. The molecule has 1 saturated heterocycles. The molecular weight excluding hydrogens is 388 g/mol. The summed E-state index contributed by atoms with van der Waals surface area (Å²) in [5.74, 6) is 0. The van der Waals surface area contributed by atoms with Gasteiger partial charge in [-0.3, -0.25) is 0 Å². The molecule has 0 spiro atoms. The Morgan fingerprint density at radius 3 is 2.48 bits per heavy atom. The van der Waals surface area contributed by atoms with Crippen molar-refractivity contribution < 1.29 is 25.2 Å². The number of nitrogens with zero attached hydrogens (tertiary/aromatic N) is 2. The zero-order chi connectivity index (χ0) is 18.0. The Hall–Kier alpha value is -0.780. The molecule has 136 valence electrons. The van der Waals surface area contributed by atoms with Crippen molar-refractivity contribution in [3.05, 3.63) is 39.9 Å². The molecule has 1 aliphatic heterocycles. The summed E-state index contributed by atoms with van der Waals surface area (Å²) in [4.78, 5) is 0. The zero-order valence-electron chi connectivity index (χ0n) is 12.9. The second-order valence-corrected chi connectivity index (χ2v) is 8.42. The van der Waals surface area contributed by atoms with Crippen LogP contribution in [0.1, 0.15) is 10.6 Å². The second kappa shape index (κ2) is 8.28. The van der Waals surface area contributed by atoms with Gasteiger partial charge in [-0.2, -0.15) is 0 Å². The number of halogens is 1. The van der Waals surface area contributed by atoms with E-state index >= 15 is 0 Å². The standard InChI is InChI=1S/C15H17ClN2O5S2/c16-8-3-1-7(2-4-8)5-10-17-18-15(24-10)25-14-13(22)12(21)11(20)9(6-19)23-14/h1-4,9,11-14,19-22H,5-6H2/t9-,11-,12+,13-,14+/m1/s1. The lowest BCUT2D eigenvalue weighted by Gasteiger charge is -2.39. The molecule has 25 heavy (non-hydrogen) atoms. The minimum Gasteiger partial charge on any atom is -0.394 e. The summed E-state index contributed by atoms with van der Waals surface area (Å²) in [5, 5.41) is 48.5. The van der Waals surface area contributed by atoms with Crippen molar-refractivity contribution in [2.45, 2.75) is 40.6 Å². The number of ether oxygens (including phenoxy) is 1. The Balaban J connectivity index is 1.65. The number of aliphatic hydroxyl groups excluding tert-OH is 4. The van der Waals surface area contributed by atoms with Gasteiger partial charge in [0.25, 0.3) is 0 Å². The van der Waals surface area contributed by atoms with E-state index in [-0.39, 0.29) is 0 Å². The molecule has 0 radical (unpaired) electrons. The first-order chi connectivity index (χ1) is 12.0. The molecule has 4 N–H and O–H groups in total. The van der Waals surface area contributed by atoms with Crippen molar-refractivity contribution in [3.8, 4) is 0 Å². The molecule has 0 bridgehead atoms. The predicted octanol–water partition coefficient (Wildman–Crippen LogP) is 0.674. The number of aromatic nitrogens is 2. The summed E-state index contributed by atoms with van der Waals surface area (Å²) < 4.78 is 6.02. The van der Waals surface area contributed by atoms with Gasteiger partial charge >= 0.3 is 0 Å². The molecule has 0 saturated carbocycles. The van der Waals surface area contributed by atoms with E-state index in [0.29, 0.717) is 15.8 Å². The van der Waals surface area contributed by atoms with Gasteiger partial charge in [0, 0.05) is 11.4 Å². The van der Waals surface area contributed by atoms with Crippen LogP contribution in [0, 0.1) is 0 Å². The highest BCUT2D eigenvalue weighted by atomic mass is 35.5. The van der Waals surface area contributed by atoms with Gasteiger partial charge in [0.15, 0.2) is 4.34 Å². The lowest BCUT2D eigenvalue weighted by atomic mass is 10.0. The van der Waals surface area contributed by atoms with Crippen molar-refractivity contribution in [2.24, 2.45) is 0 Å². The van der Waals surface area contributed by atoms with Gasteiger partial charge in [0.1, 0.15) is 34.9 Å². The van der Waals surface area contributed by atoms with Crippen molar-refractivity contribution in [1.29, 1.82) is 0 Å². The van der Waals surface area contributed by atoms with Gasteiger partial charge in [-0.1, -0.05) is 46.8 Å². The Morgan fingerprint density at radius 1 is 1.08 bits per heavy atom. The summed E-state index contributed by atoms with van der Waals surface area (Å²) in [6.45, 7) is -0.458. The second-order valence-electron chi connectivity index (χ2n) is 5.58. The molecule has 0 aliphatic carbocycles. The Bertz CT molecular complexity index is 699. The minimum atomic E-state index is -1.40. The van der Waals surface area contributed by atoms with Crippen molar-refractivity contribution in [3.63, 3.8) is 0 Å². The third kappa shape index (κ3) is 4.50. The maximum Gasteiger partial charge on any atom is 0.176 e. The van der Waals surface area contributed by atoms with Crippen molar-refractivity contribution in [1.82, 2.24) is 10.2 Å².